The highest BCUT2D eigenvalue weighted by atomic mass is 16.5. The van der Waals surface area contributed by atoms with Crippen molar-refractivity contribution in [3.8, 4) is 0 Å². The lowest BCUT2D eigenvalue weighted by molar-refractivity contribution is -0.0939. The van der Waals surface area contributed by atoms with Gasteiger partial charge in [0.05, 0.1) is 12.2 Å². The van der Waals surface area contributed by atoms with Crippen LogP contribution in [0.3, 0.4) is 0 Å². The van der Waals surface area contributed by atoms with Gasteiger partial charge in [0, 0.05) is 25.7 Å². The predicted octanol–water partition coefficient (Wildman–Crippen LogP) is 1.73. The number of hydrogen-bond donors (Lipinski definition) is 1. The molecule has 0 amide bonds. The second-order valence-electron chi connectivity index (χ2n) is 6.32. The second kappa shape index (κ2) is 5.03. The molecule has 16 heavy (non-hydrogen) atoms. The van der Waals surface area contributed by atoms with Gasteiger partial charge in [0.15, 0.2) is 0 Å². The molecule has 3 heteroatoms. The van der Waals surface area contributed by atoms with Crippen LogP contribution in [0.4, 0.5) is 0 Å². The molecule has 0 aromatic heterocycles. The molecule has 1 fully saturated rings. The first-order valence-corrected chi connectivity index (χ1v) is 6.30. The van der Waals surface area contributed by atoms with E-state index in [1.165, 1.54) is 0 Å². The van der Waals surface area contributed by atoms with Gasteiger partial charge in [0.1, 0.15) is 0 Å². The third kappa shape index (κ3) is 3.72. The Morgan fingerprint density at radius 1 is 1.44 bits per heavy atom. The van der Waals surface area contributed by atoms with Crippen LogP contribution < -0.4 is 5.32 Å². The Labute approximate surface area is 101 Å². The standard InChI is InChI=1S/C13H28N2O/c1-11(14-6)12(2,3)9-15-7-8-16-13(4,5)10-15/h11,14H,7-10H2,1-6H3. The first kappa shape index (κ1) is 13.9. The summed E-state index contributed by atoms with van der Waals surface area (Å²) in [6.07, 6.45) is 0. The Morgan fingerprint density at radius 3 is 2.56 bits per heavy atom. The minimum Gasteiger partial charge on any atom is -0.373 e. The Hall–Kier alpha value is -0.120. The average Bonchev–Trinajstić information content (AvgIpc) is 2.14. The molecule has 0 aliphatic carbocycles. The highest BCUT2D eigenvalue weighted by Gasteiger charge is 2.32. The molecule has 0 aromatic rings. The highest BCUT2D eigenvalue weighted by molar-refractivity contribution is 4.87. The van der Waals surface area contributed by atoms with E-state index in [0.29, 0.717) is 11.5 Å². The Balaban J connectivity index is 2.53. The fourth-order valence-corrected chi connectivity index (χ4v) is 2.35. The van der Waals surface area contributed by atoms with E-state index >= 15 is 0 Å². The molecule has 1 saturated heterocycles. The molecule has 1 aliphatic heterocycles. The second-order valence-corrected chi connectivity index (χ2v) is 6.32. The summed E-state index contributed by atoms with van der Waals surface area (Å²) in [5.41, 5.74) is 0.305. The number of nitrogens with zero attached hydrogens (tertiary/aromatic N) is 1. The Morgan fingerprint density at radius 2 is 2.06 bits per heavy atom. The van der Waals surface area contributed by atoms with Gasteiger partial charge in [0.2, 0.25) is 0 Å². The fourth-order valence-electron chi connectivity index (χ4n) is 2.35. The molecule has 1 atom stereocenters. The summed E-state index contributed by atoms with van der Waals surface area (Å²) in [4.78, 5) is 2.53. The molecular weight excluding hydrogens is 200 g/mol. The van der Waals surface area contributed by atoms with Crippen LogP contribution in [0.5, 0.6) is 0 Å². The van der Waals surface area contributed by atoms with Gasteiger partial charge in [-0.05, 0) is 33.2 Å². The van der Waals surface area contributed by atoms with Crippen LogP contribution in [-0.2, 0) is 4.74 Å². The fraction of sp³-hybridized carbons (Fsp3) is 1.00. The summed E-state index contributed by atoms with van der Waals surface area (Å²) in [6.45, 7) is 15.3. The van der Waals surface area contributed by atoms with Crippen molar-refractivity contribution in [1.29, 1.82) is 0 Å². The largest absolute Gasteiger partial charge is 0.373 e. The molecule has 1 N–H and O–H groups in total. The maximum Gasteiger partial charge on any atom is 0.0753 e. The van der Waals surface area contributed by atoms with Gasteiger partial charge in [-0.3, -0.25) is 4.90 Å². The Bertz CT molecular complexity index is 226. The lowest BCUT2D eigenvalue weighted by Crippen LogP contribution is -2.53. The zero-order chi connectivity index (χ0) is 12.4. The van der Waals surface area contributed by atoms with Gasteiger partial charge in [-0.15, -0.1) is 0 Å². The van der Waals surface area contributed by atoms with Crippen molar-refractivity contribution in [1.82, 2.24) is 10.2 Å². The van der Waals surface area contributed by atoms with Gasteiger partial charge < -0.3 is 10.1 Å². The van der Waals surface area contributed by atoms with Crippen LogP contribution in [0, 0.1) is 5.41 Å². The summed E-state index contributed by atoms with van der Waals surface area (Å²) < 4.78 is 5.74. The zero-order valence-electron chi connectivity index (χ0n) is 11.8. The molecule has 0 saturated carbocycles. The lowest BCUT2D eigenvalue weighted by Gasteiger charge is -2.43. The molecule has 0 radical (unpaired) electrons. The van der Waals surface area contributed by atoms with Crippen molar-refractivity contribution in [3.63, 3.8) is 0 Å². The molecule has 1 heterocycles. The van der Waals surface area contributed by atoms with Crippen LogP contribution in [-0.4, -0.2) is 49.8 Å². The van der Waals surface area contributed by atoms with E-state index in [9.17, 15) is 0 Å². The van der Waals surface area contributed by atoms with Crippen molar-refractivity contribution < 1.29 is 4.74 Å². The van der Waals surface area contributed by atoms with E-state index < -0.39 is 0 Å². The van der Waals surface area contributed by atoms with Crippen molar-refractivity contribution in [3.05, 3.63) is 0 Å². The van der Waals surface area contributed by atoms with Crippen molar-refractivity contribution in [2.45, 2.75) is 46.3 Å². The summed E-state index contributed by atoms with van der Waals surface area (Å²) in [5, 5.41) is 3.36. The van der Waals surface area contributed by atoms with Gasteiger partial charge in [-0.2, -0.15) is 0 Å². The van der Waals surface area contributed by atoms with Crippen molar-refractivity contribution in [2.75, 3.05) is 33.3 Å². The van der Waals surface area contributed by atoms with Crippen molar-refractivity contribution in [2.24, 2.45) is 5.41 Å². The highest BCUT2D eigenvalue weighted by Crippen LogP contribution is 2.25. The van der Waals surface area contributed by atoms with Crippen LogP contribution in [0.25, 0.3) is 0 Å². The zero-order valence-corrected chi connectivity index (χ0v) is 11.8. The predicted molar refractivity (Wildman–Crippen MR) is 68.8 cm³/mol. The van der Waals surface area contributed by atoms with Crippen LogP contribution in [0.1, 0.15) is 34.6 Å². The molecule has 1 aliphatic rings. The van der Waals surface area contributed by atoms with Crippen LogP contribution >= 0.6 is 0 Å². The molecule has 3 nitrogen and oxygen atoms in total. The lowest BCUT2D eigenvalue weighted by atomic mass is 9.84. The molecule has 1 unspecified atom stereocenters. The Kier molecular flexibility index (Phi) is 4.38. The van der Waals surface area contributed by atoms with Crippen molar-refractivity contribution >= 4 is 0 Å². The summed E-state index contributed by atoms with van der Waals surface area (Å²) in [6, 6.07) is 0.526. The number of morpholine rings is 1. The van der Waals surface area contributed by atoms with E-state index in [-0.39, 0.29) is 5.60 Å². The molecule has 0 spiro atoms. The molecule has 0 aromatic carbocycles. The number of hydrogen-bond acceptors (Lipinski definition) is 3. The van der Waals surface area contributed by atoms with Crippen LogP contribution in [0.2, 0.25) is 0 Å². The van der Waals surface area contributed by atoms with Crippen LogP contribution in [0.15, 0.2) is 0 Å². The van der Waals surface area contributed by atoms with E-state index in [1.54, 1.807) is 0 Å². The van der Waals surface area contributed by atoms with E-state index in [0.717, 1.165) is 26.2 Å². The van der Waals surface area contributed by atoms with Gasteiger partial charge >= 0.3 is 0 Å². The third-order valence-electron chi connectivity index (χ3n) is 3.74. The average molecular weight is 228 g/mol. The molecule has 96 valence electrons. The first-order chi connectivity index (χ1) is 7.27. The number of rotatable bonds is 4. The van der Waals surface area contributed by atoms with E-state index in [4.69, 9.17) is 4.74 Å². The SMILES string of the molecule is CNC(C)C(C)(C)CN1CCOC(C)(C)C1. The van der Waals surface area contributed by atoms with E-state index in [2.05, 4.69) is 44.8 Å². The molecule has 0 bridgehead atoms. The quantitative estimate of drug-likeness (QED) is 0.793. The van der Waals surface area contributed by atoms with E-state index in [1.807, 2.05) is 7.05 Å². The summed E-state index contributed by atoms with van der Waals surface area (Å²) >= 11 is 0. The topological polar surface area (TPSA) is 24.5 Å². The first-order valence-electron chi connectivity index (χ1n) is 6.30. The summed E-state index contributed by atoms with van der Waals surface area (Å²) in [5.74, 6) is 0. The monoisotopic (exact) mass is 228 g/mol. The molecule has 1 rings (SSSR count). The summed E-state index contributed by atoms with van der Waals surface area (Å²) in [7, 11) is 2.04. The maximum atomic E-state index is 5.74. The minimum atomic E-state index is 0.0111. The normalized spacial score (nSPS) is 24.4. The maximum absolute atomic E-state index is 5.74. The third-order valence-corrected chi connectivity index (χ3v) is 3.74. The minimum absolute atomic E-state index is 0.0111. The smallest absolute Gasteiger partial charge is 0.0753 e. The van der Waals surface area contributed by atoms with Gasteiger partial charge in [0.25, 0.3) is 0 Å². The number of nitrogens with one attached hydrogen (secondary N) is 1. The van der Waals surface area contributed by atoms with Gasteiger partial charge in [-0.25, -0.2) is 0 Å². The number of ether oxygens (including phenoxy) is 1. The molecular formula is C13H28N2O. The van der Waals surface area contributed by atoms with Gasteiger partial charge in [-0.1, -0.05) is 13.8 Å².